The number of nitrogens with zero attached hydrogens (tertiary/aromatic N) is 3. The summed E-state index contributed by atoms with van der Waals surface area (Å²) in [5, 5.41) is 0. The Bertz CT molecular complexity index is 906. The molecule has 3 rings (SSSR count). The Kier molecular flexibility index (Phi) is 3.93. The van der Waals surface area contributed by atoms with Gasteiger partial charge >= 0.3 is 5.69 Å². The molecule has 0 unspecified atom stereocenters. The summed E-state index contributed by atoms with van der Waals surface area (Å²) in [5.41, 5.74) is 2.17. The molecule has 0 atom stereocenters. The third-order valence-electron chi connectivity index (χ3n) is 3.68. The summed E-state index contributed by atoms with van der Waals surface area (Å²) in [4.78, 5) is 16.9. The molecule has 0 aliphatic carbocycles. The minimum absolute atomic E-state index is 0.153. The highest BCUT2D eigenvalue weighted by atomic mass is 19.1. The molecular weight excluding hydrogens is 293 g/mol. The van der Waals surface area contributed by atoms with Crippen LogP contribution in [0, 0.1) is 12.7 Å². The topological polar surface area (TPSA) is 39.3 Å². The smallest absolute Gasteiger partial charge is 0.279 e. The monoisotopic (exact) mass is 309 g/mol. The first-order valence-electron chi connectivity index (χ1n) is 7.21. The van der Waals surface area contributed by atoms with Gasteiger partial charge in [0, 0.05) is 13.3 Å². The molecule has 0 aliphatic heterocycles. The maximum atomic E-state index is 12.9. The van der Waals surface area contributed by atoms with E-state index in [2.05, 4.69) is 4.99 Å². The molecule has 0 radical (unpaired) electrons. The van der Waals surface area contributed by atoms with Crippen LogP contribution in [0.25, 0.3) is 5.69 Å². The van der Waals surface area contributed by atoms with Gasteiger partial charge in [0.15, 0.2) is 5.82 Å². The van der Waals surface area contributed by atoms with Gasteiger partial charge in [-0.3, -0.25) is 9.13 Å². The SMILES string of the molecule is Cc1c(/N=C/c2ccc(F)cc2)n(C)c(=O)n1-c1ccccc1. The van der Waals surface area contributed by atoms with Gasteiger partial charge in [0.2, 0.25) is 0 Å². The Morgan fingerprint density at radius 2 is 1.70 bits per heavy atom. The number of aliphatic imine (C=N–C) groups is 1. The molecule has 1 aromatic heterocycles. The molecule has 0 bridgehead atoms. The number of hydrogen-bond donors (Lipinski definition) is 0. The van der Waals surface area contributed by atoms with Gasteiger partial charge in [0.25, 0.3) is 0 Å². The first-order valence-corrected chi connectivity index (χ1v) is 7.21. The number of aromatic nitrogens is 2. The molecule has 5 heteroatoms. The van der Waals surface area contributed by atoms with Crippen LogP contribution in [0.5, 0.6) is 0 Å². The number of halogens is 1. The normalized spacial score (nSPS) is 11.3. The van der Waals surface area contributed by atoms with Crippen molar-refractivity contribution < 1.29 is 4.39 Å². The molecule has 0 aliphatic rings. The zero-order valence-corrected chi connectivity index (χ0v) is 12.9. The second kappa shape index (κ2) is 6.04. The molecule has 4 nitrogen and oxygen atoms in total. The Hall–Kier alpha value is -2.95. The van der Waals surface area contributed by atoms with Crippen molar-refractivity contribution in [2.24, 2.45) is 12.0 Å². The molecule has 3 aromatic rings. The first-order chi connectivity index (χ1) is 11.1. The summed E-state index contributed by atoms with van der Waals surface area (Å²) in [7, 11) is 1.69. The second-order valence-corrected chi connectivity index (χ2v) is 5.23. The number of rotatable bonds is 3. The van der Waals surface area contributed by atoms with Gasteiger partial charge in [-0.25, -0.2) is 14.2 Å². The third-order valence-corrected chi connectivity index (χ3v) is 3.68. The largest absolute Gasteiger partial charge is 0.334 e. The summed E-state index contributed by atoms with van der Waals surface area (Å²) in [5.74, 6) is 0.282. The van der Waals surface area contributed by atoms with Gasteiger partial charge in [-0.2, -0.15) is 0 Å². The van der Waals surface area contributed by atoms with Gasteiger partial charge in [0.05, 0.1) is 11.4 Å². The molecule has 0 spiro atoms. The van der Waals surface area contributed by atoms with Crippen molar-refractivity contribution in [1.29, 1.82) is 0 Å². The Morgan fingerprint density at radius 3 is 2.35 bits per heavy atom. The van der Waals surface area contributed by atoms with Gasteiger partial charge in [0.1, 0.15) is 5.82 Å². The van der Waals surface area contributed by atoms with E-state index in [-0.39, 0.29) is 11.5 Å². The zero-order chi connectivity index (χ0) is 16.4. The van der Waals surface area contributed by atoms with Gasteiger partial charge in [-0.15, -0.1) is 0 Å². The van der Waals surface area contributed by atoms with E-state index in [9.17, 15) is 9.18 Å². The predicted molar refractivity (Wildman–Crippen MR) is 89.4 cm³/mol. The minimum Gasteiger partial charge on any atom is -0.279 e. The fraction of sp³-hybridized carbons (Fsp3) is 0.111. The van der Waals surface area contributed by atoms with Crippen LogP contribution in [0.15, 0.2) is 64.4 Å². The lowest BCUT2D eigenvalue weighted by Gasteiger charge is -2.03. The number of imidazole rings is 1. The van der Waals surface area contributed by atoms with Crippen LogP contribution in [0.4, 0.5) is 10.2 Å². The lowest BCUT2D eigenvalue weighted by atomic mass is 10.2. The summed E-state index contributed by atoms with van der Waals surface area (Å²) >= 11 is 0. The Labute approximate surface area is 133 Å². The lowest BCUT2D eigenvalue weighted by Crippen LogP contribution is -2.21. The summed E-state index contributed by atoms with van der Waals surface area (Å²) in [6.45, 7) is 1.85. The van der Waals surface area contributed by atoms with E-state index >= 15 is 0 Å². The Morgan fingerprint density at radius 1 is 1.04 bits per heavy atom. The molecule has 23 heavy (non-hydrogen) atoms. The molecule has 0 N–H and O–H groups in total. The van der Waals surface area contributed by atoms with Crippen molar-refractivity contribution in [2.75, 3.05) is 0 Å². The van der Waals surface area contributed by atoms with Crippen LogP contribution in [-0.2, 0) is 7.05 Å². The standard InChI is InChI=1S/C18H16FN3O/c1-13-17(20-12-14-8-10-15(19)11-9-14)21(2)18(23)22(13)16-6-4-3-5-7-16/h3-12H,1-2H3/b20-12+. The average molecular weight is 309 g/mol. The molecule has 0 saturated carbocycles. The van der Waals surface area contributed by atoms with Gasteiger partial charge < -0.3 is 0 Å². The van der Waals surface area contributed by atoms with Gasteiger partial charge in [-0.1, -0.05) is 30.3 Å². The van der Waals surface area contributed by atoms with E-state index in [1.807, 2.05) is 37.3 Å². The van der Waals surface area contributed by atoms with Crippen LogP contribution in [0.3, 0.4) is 0 Å². The van der Waals surface area contributed by atoms with Crippen molar-refractivity contribution in [3.63, 3.8) is 0 Å². The fourth-order valence-corrected chi connectivity index (χ4v) is 2.47. The molecular formula is C18H16FN3O. The Balaban J connectivity index is 2.04. The summed E-state index contributed by atoms with van der Waals surface area (Å²) < 4.78 is 16.1. The lowest BCUT2D eigenvalue weighted by molar-refractivity contribution is 0.628. The molecule has 1 heterocycles. The van der Waals surface area contributed by atoms with Crippen molar-refractivity contribution in [3.05, 3.63) is 82.2 Å². The number of hydrogen-bond acceptors (Lipinski definition) is 2. The highest BCUT2D eigenvalue weighted by Gasteiger charge is 2.14. The maximum absolute atomic E-state index is 12.9. The van der Waals surface area contributed by atoms with Crippen LogP contribution in [0.1, 0.15) is 11.3 Å². The van der Waals surface area contributed by atoms with Crippen molar-refractivity contribution in [1.82, 2.24) is 9.13 Å². The van der Waals surface area contributed by atoms with Crippen molar-refractivity contribution in [3.8, 4) is 5.69 Å². The maximum Gasteiger partial charge on any atom is 0.334 e. The molecule has 0 saturated heterocycles. The number of para-hydroxylation sites is 1. The van der Waals surface area contributed by atoms with E-state index in [4.69, 9.17) is 0 Å². The molecule has 0 fully saturated rings. The van der Waals surface area contributed by atoms with E-state index in [1.165, 1.54) is 16.7 Å². The van der Waals surface area contributed by atoms with Crippen molar-refractivity contribution >= 4 is 12.0 Å². The van der Waals surface area contributed by atoms with E-state index in [1.54, 1.807) is 30.0 Å². The van der Waals surface area contributed by atoms with Gasteiger partial charge in [-0.05, 0) is 36.8 Å². The fourth-order valence-electron chi connectivity index (χ4n) is 2.47. The van der Waals surface area contributed by atoms with Crippen molar-refractivity contribution in [2.45, 2.75) is 6.92 Å². The third kappa shape index (κ3) is 2.85. The number of benzene rings is 2. The van der Waals surface area contributed by atoms with Crippen LogP contribution >= 0.6 is 0 Å². The highest BCUT2D eigenvalue weighted by Crippen LogP contribution is 2.19. The van der Waals surface area contributed by atoms with E-state index in [0.717, 1.165) is 16.9 Å². The average Bonchev–Trinajstić information content (AvgIpc) is 2.78. The summed E-state index contributed by atoms with van der Waals surface area (Å²) in [6.07, 6.45) is 1.62. The zero-order valence-electron chi connectivity index (χ0n) is 12.9. The second-order valence-electron chi connectivity index (χ2n) is 5.23. The predicted octanol–water partition coefficient (Wildman–Crippen LogP) is 3.37. The minimum atomic E-state index is -0.291. The first kappa shape index (κ1) is 15.0. The highest BCUT2D eigenvalue weighted by molar-refractivity contribution is 5.81. The quantitative estimate of drug-likeness (QED) is 0.684. The molecule has 2 aromatic carbocycles. The van der Waals surface area contributed by atoms with E-state index < -0.39 is 0 Å². The van der Waals surface area contributed by atoms with Crippen LogP contribution in [0.2, 0.25) is 0 Å². The van der Waals surface area contributed by atoms with E-state index in [0.29, 0.717) is 5.82 Å². The molecule has 116 valence electrons. The molecule has 0 amide bonds. The van der Waals surface area contributed by atoms with Crippen LogP contribution in [-0.4, -0.2) is 15.3 Å². The van der Waals surface area contributed by atoms with Crippen LogP contribution < -0.4 is 5.69 Å². The summed E-state index contributed by atoms with van der Waals surface area (Å²) in [6, 6.07) is 15.5.